The summed E-state index contributed by atoms with van der Waals surface area (Å²) in [5, 5.41) is 4.85. The van der Waals surface area contributed by atoms with Crippen LogP contribution in [0, 0.1) is 0 Å². The minimum absolute atomic E-state index is 0.0930. The van der Waals surface area contributed by atoms with Gasteiger partial charge in [0.05, 0.1) is 13.3 Å². The first-order chi connectivity index (χ1) is 23.9. The van der Waals surface area contributed by atoms with Crippen LogP contribution in [0.25, 0.3) is 16.8 Å². The molecule has 12 nitrogen and oxygen atoms in total. The van der Waals surface area contributed by atoms with E-state index in [4.69, 9.17) is 29.0 Å². The zero-order chi connectivity index (χ0) is 37.1. The molecule has 0 aliphatic carbocycles. The van der Waals surface area contributed by atoms with E-state index in [9.17, 15) is 9.59 Å². The van der Waals surface area contributed by atoms with E-state index in [-0.39, 0.29) is 29.8 Å². The number of anilines is 1. The summed E-state index contributed by atoms with van der Waals surface area (Å²) in [6.45, 7) is 21.9. The molecule has 51 heavy (non-hydrogen) atoms. The Morgan fingerprint density at radius 3 is 2.04 bits per heavy atom. The number of ether oxygens (including phenoxy) is 4. The van der Waals surface area contributed by atoms with Crippen LogP contribution in [0.4, 0.5) is 10.6 Å². The van der Waals surface area contributed by atoms with E-state index in [2.05, 4.69) is 55.2 Å². The van der Waals surface area contributed by atoms with Crippen LogP contribution in [0.5, 0.6) is 0 Å². The quantitative estimate of drug-likeness (QED) is 0.0706. The molecule has 1 amide bonds. The van der Waals surface area contributed by atoms with Crippen molar-refractivity contribution in [2.24, 2.45) is 0 Å². The molecule has 2 bridgehead atoms. The molecule has 2 aliphatic rings. The van der Waals surface area contributed by atoms with Crippen LogP contribution in [0.2, 0.25) is 51.4 Å². The summed E-state index contributed by atoms with van der Waals surface area (Å²) in [7, 11) is -1.23. The van der Waals surface area contributed by atoms with E-state index in [0.717, 1.165) is 60.4 Å². The molecule has 0 N–H and O–H groups in total. The maximum Gasteiger partial charge on any atom is 0.410 e. The van der Waals surface area contributed by atoms with Gasteiger partial charge in [0.2, 0.25) is 0 Å². The van der Waals surface area contributed by atoms with Crippen molar-refractivity contribution < 1.29 is 28.5 Å². The number of amides is 1. The van der Waals surface area contributed by atoms with E-state index >= 15 is 0 Å². The molecule has 5 heterocycles. The number of carbonyl (C=O) groups is 2. The van der Waals surface area contributed by atoms with E-state index in [1.54, 1.807) is 18.5 Å². The SMILES string of the molecule is COC(=O)c1ccc(-c2cnn3c(N(COCC[Si](C)(C)C)COCC[Si](C)(C)C)cc(C4CC5CCC(C4)N5C(=O)OC(C)(C)C)nc23)cn1. The number of fused-ring (bicyclic) bond motifs is 3. The Bertz CT molecular complexity index is 1630. The van der Waals surface area contributed by atoms with Gasteiger partial charge >= 0.3 is 12.1 Å². The first kappa shape index (κ1) is 38.9. The first-order valence-corrected chi connectivity index (χ1v) is 25.7. The minimum atomic E-state index is -1.29. The second kappa shape index (κ2) is 15.7. The predicted octanol–water partition coefficient (Wildman–Crippen LogP) is 7.65. The van der Waals surface area contributed by atoms with Crippen LogP contribution in [0.3, 0.4) is 0 Å². The first-order valence-electron chi connectivity index (χ1n) is 18.3. The molecule has 2 fully saturated rings. The van der Waals surface area contributed by atoms with E-state index in [0.29, 0.717) is 32.3 Å². The van der Waals surface area contributed by atoms with Gasteiger partial charge in [-0.2, -0.15) is 9.61 Å². The third kappa shape index (κ3) is 10.2. The number of pyridine rings is 1. The third-order valence-corrected chi connectivity index (χ3v) is 12.9. The Morgan fingerprint density at radius 2 is 1.53 bits per heavy atom. The zero-order valence-electron chi connectivity index (χ0n) is 32.3. The highest BCUT2D eigenvalue weighted by Crippen LogP contribution is 2.44. The summed E-state index contributed by atoms with van der Waals surface area (Å²) in [5.74, 6) is 0.480. The van der Waals surface area contributed by atoms with Crippen LogP contribution in [0.15, 0.2) is 30.6 Å². The molecule has 280 valence electrons. The fourth-order valence-electron chi connectivity index (χ4n) is 6.69. The van der Waals surface area contributed by atoms with Crippen LogP contribution in [0.1, 0.15) is 68.6 Å². The van der Waals surface area contributed by atoms with Gasteiger partial charge in [-0.1, -0.05) is 45.3 Å². The molecule has 0 aromatic carbocycles. The van der Waals surface area contributed by atoms with Crippen molar-refractivity contribution in [1.29, 1.82) is 0 Å². The monoisotopic (exact) mass is 738 g/mol. The van der Waals surface area contributed by atoms with Gasteiger partial charge in [-0.05, 0) is 64.6 Å². The maximum absolute atomic E-state index is 13.3. The molecule has 2 aliphatic heterocycles. The summed E-state index contributed by atoms with van der Waals surface area (Å²) in [6.07, 6.45) is 6.74. The summed E-state index contributed by atoms with van der Waals surface area (Å²) >= 11 is 0. The third-order valence-electron chi connectivity index (χ3n) is 9.51. The second-order valence-corrected chi connectivity index (χ2v) is 28.7. The summed E-state index contributed by atoms with van der Waals surface area (Å²) < 4.78 is 25.2. The predicted molar refractivity (Wildman–Crippen MR) is 205 cm³/mol. The molecule has 3 aromatic rings. The van der Waals surface area contributed by atoms with Gasteiger partial charge in [0.25, 0.3) is 0 Å². The second-order valence-electron chi connectivity index (χ2n) is 17.4. The fourth-order valence-corrected chi connectivity index (χ4v) is 8.20. The molecule has 0 radical (unpaired) electrons. The molecule has 14 heteroatoms. The van der Waals surface area contributed by atoms with Crippen molar-refractivity contribution in [3.63, 3.8) is 0 Å². The highest BCUT2D eigenvalue weighted by molar-refractivity contribution is 6.76. The van der Waals surface area contributed by atoms with Gasteiger partial charge in [0, 0.05) is 76.4 Å². The molecule has 0 saturated carbocycles. The molecule has 2 unspecified atom stereocenters. The van der Waals surface area contributed by atoms with Crippen molar-refractivity contribution in [2.75, 3.05) is 38.7 Å². The van der Waals surface area contributed by atoms with Gasteiger partial charge in [-0.3, -0.25) is 0 Å². The number of hydrogen-bond donors (Lipinski definition) is 0. The highest BCUT2D eigenvalue weighted by atomic mass is 28.3. The standard InChI is InChI=1S/C37H58N6O6Si2/c1-37(2,3)49-36(45)42-28-12-13-29(42)20-27(19-28)32-21-33(41(24-47-15-17-50(5,6)7)25-48-16-18-51(8,9)10)43-34(40-32)30(23-39-43)26-11-14-31(38-22-26)35(44)46-4/h11,14,21-23,27-29H,12-13,15-20,24-25H2,1-10H3. The molecule has 0 spiro atoms. The molecule has 3 aromatic heterocycles. The molecular formula is C37H58N6O6Si2. The van der Waals surface area contributed by atoms with Crippen molar-refractivity contribution in [2.45, 2.75) is 121 Å². The van der Waals surface area contributed by atoms with Crippen LogP contribution >= 0.6 is 0 Å². The van der Waals surface area contributed by atoms with Crippen LogP contribution in [-0.4, -0.2) is 104 Å². The normalized spacial score (nSPS) is 19.4. The summed E-state index contributed by atoms with van der Waals surface area (Å²) in [5.41, 5.74) is 2.92. The molecule has 5 rings (SSSR count). The summed E-state index contributed by atoms with van der Waals surface area (Å²) in [4.78, 5) is 39.1. The van der Waals surface area contributed by atoms with Crippen molar-refractivity contribution in [1.82, 2.24) is 24.5 Å². The Morgan fingerprint density at radius 1 is 0.922 bits per heavy atom. The zero-order valence-corrected chi connectivity index (χ0v) is 34.3. The lowest BCUT2D eigenvalue weighted by Crippen LogP contribution is -2.48. The number of nitrogens with zero attached hydrogens (tertiary/aromatic N) is 6. The molecular weight excluding hydrogens is 681 g/mol. The number of methoxy groups -OCH3 is 1. The Balaban J connectivity index is 1.52. The van der Waals surface area contributed by atoms with Crippen molar-refractivity contribution in [3.05, 3.63) is 42.0 Å². The lowest BCUT2D eigenvalue weighted by atomic mass is 9.88. The van der Waals surface area contributed by atoms with Gasteiger partial charge in [0.1, 0.15) is 30.6 Å². The van der Waals surface area contributed by atoms with E-state index in [1.165, 1.54) is 7.11 Å². The van der Waals surface area contributed by atoms with Crippen molar-refractivity contribution in [3.8, 4) is 11.1 Å². The number of rotatable bonds is 14. The number of carbonyl (C=O) groups excluding carboxylic acids is 2. The average molecular weight is 739 g/mol. The number of esters is 1. The average Bonchev–Trinajstić information content (AvgIpc) is 3.59. The topological polar surface area (TPSA) is 121 Å². The van der Waals surface area contributed by atoms with Gasteiger partial charge in [-0.25, -0.2) is 19.6 Å². The van der Waals surface area contributed by atoms with Crippen molar-refractivity contribution >= 4 is 39.7 Å². The Kier molecular flexibility index (Phi) is 12.0. The lowest BCUT2D eigenvalue weighted by Gasteiger charge is -2.39. The Labute approximate surface area is 305 Å². The van der Waals surface area contributed by atoms with Gasteiger partial charge in [-0.15, -0.1) is 0 Å². The smallest absolute Gasteiger partial charge is 0.410 e. The number of aromatic nitrogens is 4. The summed E-state index contributed by atoms with van der Waals surface area (Å²) in [6, 6.07) is 7.96. The van der Waals surface area contributed by atoms with E-state index < -0.39 is 27.7 Å². The largest absolute Gasteiger partial charge is 0.464 e. The number of hydrogen-bond acceptors (Lipinski definition) is 10. The fraction of sp³-hybridized carbons (Fsp3) is 0.649. The lowest BCUT2D eigenvalue weighted by molar-refractivity contribution is 0.00567. The maximum atomic E-state index is 13.3. The van der Waals surface area contributed by atoms with Crippen LogP contribution in [-0.2, 0) is 18.9 Å². The Hall–Kier alpha value is -3.34. The molecule has 2 atom stereocenters. The van der Waals surface area contributed by atoms with Gasteiger partial charge in [0.15, 0.2) is 5.65 Å². The highest BCUT2D eigenvalue weighted by Gasteiger charge is 2.45. The minimum Gasteiger partial charge on any atom is -0.464 e. The molecule has 2 saturated heterocycles. The van der Waals surface area contributed by atoms with Gasteiger partial charge < -0.3 is 28.7 Å². The number of piperidine rings is 1. The van der Waals surface area contributed by atoms with Crippen LogP contribution < -0.4 is 4.90 Å². The van der Waals surface area contributed by atoms with E-state index in [1.807, 2.05) is 36.3 Å².